The van der Waals surface area contributed by atoms with Gasteiger partial charge in [-0.15, -0.1) is 0 Å². The van der Waals surface area contributed by atoms with Gasteiger partial charge in [0.25, 0.3) is 5.56 Å². The number of nitrogens with zero attached hydrogens (tertiary/aromatic N) is 1. The minimum atomic E-state index is -4.50. The highest BCUT2D eigenvalue weighted by atomic mass is 32.2. The summed E-state index contributed by atoms with van der Waals surface area (Å²) in [5.41, 5.74) is 0.832. The molecule has 2 unspecified atom stereocenters. The highest BCUT2D eigenvalue weighted by Crippen LogP contribution is 2.71. The fourth-order valence-corrected chi connectivity index (χ4v) is 8.94. The number of hydrogen-bond donors (Lipinski definition) is 1. The van der Waals surface area contributed by atoms with E-state index in [0.29, 0.717) is 17.0 Å². The van der Waals surface area contributed by atoms with Crippen LogP contribution in [0.25, 0.3) is 10.8 Å². The largest absolute Gasteiger partial charge is 0.479 e. The number of rotatable bonds is 5. The van der Waals surface area contributed by atoms with Crippen molar-refractivity contribution >= 4 is 28.5 Å². The summed E-state index contributed by atoms with van der Waals surface area (Å²) in [6, 6.07) is 21.0. The van der Waals surface area contributed by atoms with Gasteiger partial charge in [0.05, 0.1) is 15.3 Å². The van der Waals surface area contributed by atoms with Crippen molar-refractivity contribution < 1.29 is 23.1 Å². The van der Waals surface area contributed by atoms with E-state index in [4.69, 9.17) is 0 Å². The summed E-state index contributed by atoms with van der Waals surface area (Å²) >= 11 is 1.37. The van der Waals surface area contributed by atoms with E-state index in [1.807, 2.05) is 18.2 Å². The maximum Gasteiger partial charge on any atom is 0.416 e. The molecule has 8 heteroatoms. The molecule has 0 saturated heterocycles. The molecule has 204 valence electrons. The lowest BCUT2D eigenvalue weighted by atomic mass is 9.56. The second-order valence-electron chi connectivity index (χ2n) is 11.4. The zero-order valence-electron chi connectivity index (χ0n) is 21.7. The van der Waals surface area contributed by atoms with Gasteiger partial charge in [-0.25, -0.2) is 4.79 Å². The van der Waals surface area contributed by atoms with E-state index in [0.717, 1.165) is 52.4 Å². The molecule has 0 bridgehead atoms. The predicted octanol–water partition coefficient (Wildman–Crippen LogP) is 7.32. The van der Waals surface area contributed by atoms with Gasteiger partial charge in [-0.05, 0) is 77.6 Å². The van der Waals surface area contributed by atoms with E-state index in [1.165, 1.54) is 22.4 Å². The topological polar surface area (TPSA) is 59.3 Å². The number of pyridine rings is 1. The molecule has 2 aliphatic carbocycles. The van der Waals surface area contributed by atoms with Gasteiger partial charge in [0, 0.05) is 12.0 Å². The van der Waals surface area contributed by atoms with E-state index in [2.05, 4.69) is 24.3 Å². The van der Waals surface area contributed by atoms with Crippen molar-refractivity contribution in [2.75, 3.05) is 0 Å². The number of carbonyl (C=O) groups is 1. The summed E-state index contributed by atoms with van der Waals surface area (Å²) in [7, 11) is 0. The Morgan fingerprint density at radius 1 is 1.02 bits per heavy atom. The Morgan fingerprint density at radius 2 is 1.75 bits per heavy atom. The number of aliphatic carboxylic acids is 1. The van der Waals surface area contributed by atoms with Crippen molar-refractivity contribution in [2.45, 2.75) is 65.9 Å². The van der Waals surface area contributed by atoms with E-state index in [1.54, 1.807) is 19.1 Å². The van der Waals surface area contributed by atoms with Crippen LogP contribution in [-0.4, -0.2) is 20.4 Å². The first kappa shape index (κ1) is 25.4. The van der Waals surface area contributed by atoms with Crippen LogP contribution in [-0.2, 0) is 22.9 Å². The average molecular weight is 562 g/mol. The SMILES string of the molecule is CC12Sc3c(C4CC4)c(Cc4cccc5ccccc45)cc(=O)n3C1(C(=O)O)C[C@@H]2c1cccc(C(F)(F)F)c1. The Hall–Kier alpha value is -3.52. The molecule has 1 N–H and O–H groups in total. The second kappa shape index (κ2) is 8.49. The number of hydrogen-bond acceptors (Lipinski definition) is 3. The van der Waals surface area contributed by atoms with Gasteiger partial charge < -0.3 is 5.11 Å². The molecule has 3 aromatic carbocycles. The maximum absolute atomic E-state index is 13.8. The fourth-order valence-electron chi connectivity index (χ4n) is 7.00. The van der Waals surface area contributed by atoms with Crippen molar-refractivity contribution in [1.29, 1.82) is 0 Å². The minimum Gasteiger partial charge on any atom is -0.479 e. The van der Waals surface area contributed by atoms with Gasteiger partial charge in [-0.3, -0.25) is 9.36 Å². The minimum absolute atomic E-state index is 0.0623. The number of halogens is 3. The summed E-state index contributed by atoms with van der Waals surface area (Å²) in [6.45, 7) is 1.80. The summed E-state index contributed by atoms with van der Waals surface area (Å²) in [5, 5.41) is 13.5. The molecule has 2 heterocycles. The molecule has 0 spiro atoms. The number of carboxylic acid groups (broad SMARTS) is 1. The van der Waals surface area contributed by atoms with Gasteiger partial charge in [0.15, 0.2) is 5.54 Å². The fraction of sp³-hybridized carbons (Fsp3) is 0.312. The molecule has 4 aromatic rings. The van der Waals surface area contributed by atoms with Crippen molar-refractivity contribution in [1.82, 2.24) is 4.57 Å². The molecule has 2 saturated carbocycles. The molecule has 4 nitrogen and oxygen atoms in total. The van der Waals surface area contributed by atoms with Crippen LogP contribution < -0.4 is 5.56 Å². The van der Waals surface area contributed by atoms with Crippen molar-refractivity contribution in [3.8, 4) is 0 Å². The Balaban J connectivity index is 1.37. The Labute approximate surface area is 232 Å². The summed E-state index contributed by atoms with van der Waals surface area (Å²) in [6.07, 6.45) is -1.97. The van der Waals surface area contributed by atoms with Crippen LogP contribution in [0.5, 0.6) is 0 Å². The first-order chi connectivity index (χ1) is 19.0. The number of fused-ring (bicyclic) bond motifs is 4. The molecular weight excluding hydrogens is 535 g/mol. The molecule has 0 radical (unpaired) electrons. The van der Waals surface area contributed by atoms with E-state index in [-0.39, 0.29) is 17.9 Å². The number of aromatic nitrogens is 1. The van der Waals surface area contributed by atoms with Crippen molar-refractivity contribution in [3.05, 3.63) is 111 Å². The number of alkyl halides is 3. The monoisotopic (exact) mass is 561 g/mol. The lowest BCUT2D eigenvalue weighted by Crippen LogP contribution is -2.67. The third-order valence-corrected chi connectivity index (χ3v) is 10.8. The van der Waals surface area contributed by atoms with E-state index >= 15 is 0 Å². The zero-order valence-corrected chi connectivity index (χ0v) is 22.5. The van der Waals surface area contributed by atoms with E-state index in [9.17, 15) is 27.9 Å². The quantitative estimate of drug-likeness (QED) is 0.277. The average Bonchev–Trinajstić information content (AvgIpc) is 3.71. The van der Waals surface area contributed by atoms with Crippen molar-refractivity contribution in [2.24, 2.45) is 0 Å². The molecule has 1 aromatic heterocycles. The van der Waals surface area contributed by atoms with Crippen LogP contribution in [0.15, 0.2) is 82.6 Å². The van der Waals surface area contributed by atoms with Crippen LogP contribution in [0.4, 0.5) is 13.2 Å². The standard InChI is InChI=1S/C32H26F3NO3S/c1-30-25(21-9-5-10-23(15-21)32(33,34)35)17-31(30,29(38)39)36-26(37)16-22(27(19-12-13-19)28(36)40-30)14-20-8-4-7-18-6-2-3-11-24(18)20/h2-11,15-16,19,25H,12-14,17H2,1H3,(H,38,39)/t25-,30?,31?/m1/s1. The number of thioether (sulfide) groups is 1. The Morgan fingerprint density at radius 3 is 2.48 bits per heavy atom. The zero-order chi connectivity index (χ0) is 28.0. The van der Waals surface area contributed by atoms with Gasteiger partial charge in [0.2, 0.25) is 0 Å². The van der Waals surface area contributed by atoms with Crippen molar-refractivity contribution in [3.63, 3.8) is 0 Å². The molecule has 3 aliphatic rings. The number of carboxylic acids is 1. The predicted molar refractivity (Wildman–Crippen MR) is 148 cm³/mol. The van der Waals surface area contributed by atoms with E-state index < -0.39 is 33.9 Å². The normalized spacial score (nSPS) is 25.4. The molecule has 1 aliphatic heterocycles. The van der Waals surface area contributed by atoms with Crippen LogP contribution >= 0.6 is 11.8 Å². The highest BCUT2D eigenvalue weighted by molar-refractivity contribution is 8.01. The van der Waals surface area contributed by atoms with Crippen LogP contribution in [0, 0.1) is 0 Å². The second-order valence-corrected chi connectivity index (χ2v) is 12.8. The molecule has 40 heavy (non-hydrogen) atoms. The summed E-state index contributed by atoms with van der Waals surface area (Å²) in [4.78, 5) is 26.8. The third-order valence-electron chi connectivity index (χ3n) is 9.19. The maximum atomic E-state index is 13.8. The van der Waals surface area contributed by atoms with Crippen LogP contribution in [0.2, 0.25) is 0 Å². The highest BCUT2D eigenvalue weighted by Gasteiger charge is 2.74. The lowest BCUT2D eigenvalue weighted by molar-refractivity contribution is -0.157. The molecule has 7 rings (SSSR count). The Bertz CT molecular complexity index is 1770. The first-order valence-corrected chi connectivity index (χ1v) is 14.2. The van der Waals surface area contributed by atoms with Gasteiger partial charge >= 0.3 is 12.1 Å². The Kier molecular flexibility index (Phi) is 5.40. The molecule has 3 atom stereocenters. The van der Waals surface area contributed by atoms with Gasteiger partial charge in [-0.2, -0.15) is 13.2 Å². The van der Waals surface area contributed by atoms with Crippen LogP contribution in [0.1, 0.15) is 65.8 Å². The van der Waals surface area contributed by atoms with Crippen LogP contribution in [0.3, 0.4) is 0 Å². The number of benzene rings is 3. The summed E-state index contributed by atoms with van der Waals surface area (Å²) < 4.78 is 41.0. The third kappa shape index (κ3) is 3.47. The van der Waals surface area contributed by atoms with Gasteiger partial charge in [-0.1, -0.05) is 72.4 Å². The lowest BCUT2D eigenvalue weighted by Gasteiger charge is -2.56. The van der Waals surface area contributed by atoms with Gasteiger partial charge in [0.1, 0.15) is 0 Å². The molecule has 0 amide bonds. The molecular formula is C32H26F3NO3S. The molecule has 2 fully saturated rings. The summed E-state index contributed by atoms with van der Waals surface area (Å²) in [5.74, 6) is -1.34. The first-order valence-electron chi connectivity index (χ1n) is 13.4. The smallest absolute Gasteiger partial charge is 0.416 e.